The molecular weight excluding hydrogens is 292 g/mol. The molecular formula is C18H22N2OS. The molecule has 0 radical (unpaired) electrons. The third-order valence-corrected chi connectivity index (χ3v) is 3.72. The number of ether oxygens (including phenoxy) is 1. The summed E-state index contributed by atoms with van der Waals surface area (Å²) in [4.78, 5) is 0. The van der Waals surface area contributed by atoms with Crippen molar-refractivity contribution in [1.82, 2.24) is 0 Å². The van der Waals surface area contributed by atoms with E-state index < -0.39 is 0 Å². The summed E-state index contributed by atoms with van der Waals surface area (Å²) < 4.78 is 5.33. The third-order valence-electron chi connectivity index (χ3n) is 3.52. The van der Waals surface area contributed by atoms with Gasteiger partial charge < -0.3 is 15.4 Å². The first-order valence-corrected chi connectivity index (χ1v) is 7.74. The van der Waals surface area contributed by atoms with E-state index in [9.17, 15) is 0 Å². The quantitative estimate of drug-likeness (QED) is 0.784. The van der Waals surface area contributed by atoms with E-state index >= 15 is 0 Å². The van der Waals surface area contributed by atoms with Gasteiger partial charge in [0.1, 0.15) is 5.75 Å². The Morgan fingerprint density at radius 2 is 1.77 bits per heavy atom. The van der Waals surface area contributed by atoms with Gasteiger partial charge in [0.2, 0.25) is 0 Å². The molecule has 0 aromatic heterocycles. The van der Waals surface area contributed by atoms with E-state index in [1.54, 1.807) is 7.11 Å². The molecule has 2 N–H and O–H groups in total. The van der Waals surface area contributed by atoms with Crippen LogP contribution < -0.4 is 15.4 Å². The molecule has 0 aliphatic heterocycles. The summed E-state index contributed by atoms with van der Waals surface area (Å²) in [5.41, 5.74) is 4.35. The highest BCUT2D eigenvalue weighted by atomic mass is 32.1. The molecule has 0 atom stereocenters. The zero-order valence-corrected chi connectivity index (χ0v) is 14.3. The van der Waals surface area contributed by atoms with E-state index in [-0.39, 0.29) is 0 Å². The van der Waals surface area contributed by atoms with Crippen LogP contribution >= 0.6 is 12.2 Å². The number of methoxy groups -OCH3 is 1. The molecule has 2 rings (SSSR count). The van der Waals surface area contributed by atoms with Crippen LogP contribution in [-0.4, -0.2) is 12.2 Å². The highest BCUT2D eigenvalue weighted by Crippen LogP contribution is 2.28. The molecule has 0 unspecified atom stereocenters. The Morgan fingerprint density at radius 1 is 1.05 bits per heavy atom. The molecule has 4 heteroatoms. The van der Waals surface area contributed by atoms with Gasteiger partial charge in [-0.15, -0.1) is 0 Å². The minimum atomic E-state index is 0.427. The number of hydrogen-bond acceptors (Lipinski definition) is 2. The predicted molar refractivity (Wildman–Crippen MR) is 98.1 cm³/mol. The summed E-state index contributed by atoms with van der Waals surface area (Å²) in [6.45, 7) is 6.44. The number of hydrogen-bond donors (Lipinski definition) is 2. The number of nitrogens with one attached hydrogen (secondary N) is 2. The van der Waals surface area contributed by atoms with Gasteiger partial charge in [-0.3, -0.25) is 0 Å². The van der Waals surface area contributed by atoms with Crippen molar-refractivity contribution in [2.24, 2.45) is 0 Å². The predicted octanol–water partition coefficient (Wildman–Crippen LogP) is 4.94. The van der Waals surface area contributed by atoms with E-state index in [0.29, 0.717) is 11.0 Å². The van der Waals surface area contributed by atoms with Crippen molar-refractivity contribution in [3.63, 3.8) is 0 Å². The lowest BCUT2D eigenvalue weighted by atomic mass is 9.98. The van der Waals surface area contributed by atoms with Gasteiger partial charge in [0.25, 0.3) is 0 Å². The fraction of sp³-hybridized carbons (Fsp3) is 0.278. The van der Waals surface area contributed by atoms with E-state index in [1.165, 1.54) is 11.1 Å². The van der Waals surface area contributed by atoms with Crippen molar-refractivity contribution in [1.29, 1.82) is 0 Å². The van der Waals surface area contributed by atoms with Gasteiger partial charge in [0.15, 0.2) is 5.11 Å². The number of para-hydroxylation sites is 3. The molecule has 0 fully saturated rings. The Bertz CT molecular complexity index is 668. The van der Waals surface area contributed by atoms with Crippen molar-refractivity contribution in [2.45, 2.75) is 26.7 Å². The molecule has 3 nitrogen and oxygen atoms in total. The minimum absolute atomic E-state index is 0.427. The number of thiocarbonyl (C=S) groups is 1. The Balaban J connectivity index is 2.19. The molecule has 116 valence electrons. The fourth-order valence-corrected chi connectivity index (χ4v) is 2.57. The number of benzene rings is 2. The Hall–Kier alpha value is -2.07. The smallest absolute Gasteiger partial charge is 0.175 e. The summed E-state index contributed by atoms with van der Waals surface area (Å²) in [6.07, 6.45) is 0. The SMILES string of the molecule is COc1ccccc1NC(=S)Nc1c(C)cccc1C(C)C. The van der Waals surface area contributed by atoms with Gasteiger partial charge in [0.05, 0.1) is 12.8 Å². The second kappa shape index (κ2) is 7.27. The van der Waals surface area contributed by atoms with Gasteiger partial charge in [-0.05, 0) is 48.3 Å². The van der Waals surface area contributed by atoms with Crippen molar-refractivity contribution in [3.8, 4) is 5.75 Å². The zero-order chi connectivity index (χ0) is 16.1. The van der Waals surface area contributed by atoms with E-state index in [2.05, 4.69) is 49.6 Å². The van der Waals surface area contributed by atoms with Crippen molar-refractivity contribution >= 4 is 28.7 Å². The Kier molecular flexibility index (Phi) is 5.39. The minimum Gasteiger partial charge on any atom is -0.495 e. The lowest BCUT2D eigenvalue weighted by Gasteiger charge is -2.19. The van der Waals surface area contributed by atoms with Crippen LogP contribution in [0.1, 0.15) is 30.9 Å². The maximum absolute atomic E-state index is 5.45. The van der Waals surface area contributed by atoms with E-state index in [1.807, 2.05) is 24.3 Å². The maximum atomic E-state index is 5.45. The summed E-state index contributed by atoms with van der Waals surface area (Å²) in [6, 6.07) is 14.0. The van der Waals surface area contributed by atoms with Gasteiger partial charge in [-0.2, -0.15) is 0 Å². The Morgan fingerprint density at radius 3 is 2.45 bits per heavy atom. The molecule has 2 aromatic carbocycles. The third kappa shape index (κ3) is 3.77. The average molecular weight is 314 g/mol. The standard InChI is InChI=1S/C18H22N2OS/c1-12(2)14-9-7-8-13(3)17(14)20-18(22)19-15-10-5-6-11-16(15)21-4/h5-12H,1-4H3,(H2,19,20,22). The first-order chi connectivity index (χ1) is 10.5. The first kappa shape index (κ1) is 16.3. The highest BCUT2D eigenvalue weighted by molar-refractivity contribution is 7.80. The summed E-state index contributed by atoms with van der Waals surface area (Å²) in [7, 11) is 1.65. The van der Waals surface area contributed by atoms with Crippen molar-refractivity contribution in [2.75, 3.05) is 17.7 Å². The van der Waals surface area contributed by atoms with Gasteiger partial charge in [-0.25, -0.2) is 0 Å². The zero-order valence-electron chi connectivity index (χ0n) is 13.4. The van der Waals surface area contributed by atoms with Crippen molar-refractivity contribution < 1.29 is 4.74 Å². The molecule has 0 amide bonds. The van der Waals surface area contributed by atoms with E-state index in [4.69, 9.17) is 17.0 Å². The summed E-state index contributed by atoms with van der Waals surface area (Å²) >= 11 is 5.45. The number of aryl methyl sites for hydroxylation is 1. The van der Waals surface area contributed by atoms with Crippen molar-refractivity contribution in [3.05, 3.63) is 53.6 Å². The molecule has 0 spiro atoms. The van der Waals surface area contributed by atoms with Crippen LogP contribution in [0.15, 0.2) is 42.5 Å². The molecule has 0 heterocycles. The molecule has 22 heavy (non-hydrogen) atoms. The maximum Gasteiger partial charge on any atom is 0.175 e. The van der Waals surface area contributed by atoms with Crippen LogP contribution in [0.25, 0.3) is 0 Å². The first-order valence-electron chi connectivity index (χ1n) is 7.33. The molecule has 0 bridgehead atoms. The van der Waals surface area contributed by atoms with Crippen LogP contribution in [0.3, 0.4) is 0 Å². The lowest BCUT2D eigenvalue weighted by molar-refractivity contribution is 0.417. The van der Waals surface area contributed by atoms with Crippen LogP contribution in [0.2, 0.25) is 0 Å². The molecule has 0 saturated heterocycles. The largest absolute Gasteiger partial charge is 0.495 e. The molecule has 0 saturated carbocycles. The fourth-order valence-electron chi connectivity index (χ4n) is 2.36. The summed E-state index contributed by atoms with van der Waals surface area (Å²) in [5.74, 6) is 1.19. The second-order valence-electron chi connectivity index (χ2n) is 5.47. The molecule has 0 aliphatic carbocycles. The van der Waals surface area contributed by atoms with Crippen LogP contribution in [-0.2, 0) is 0 Å². The monoisotopic (exact) mass is 314 g/mol. The second-order valence-corrected chi connectivity index (χ2v) is 5.88. The van der Waals surface area contributed by atoms with Gasteiger partial charge in [0, 0.05) is 5.69 Å². The average Bonchev–Trinajstić information content (AvgIpc) is 2.49. The number of rotatable bonds is 4. The number of anilines is 2. The molecule has 0 aliphatic rings. The van der Waals surface area contributed by atoms with Crippen LogP contribution in [0.5, 0.6) is 5.75 Å². The van der Waals surface area contributed by atoms with Crippen LogP contribution in [0, 0.1) is 6.92 Å². The normalized spacial score (nSPS) is 10.4. The van der Waals surface area contributed by atoms with Gasteiger partial charge >= 0.3 is 0 Å². The highest BCUT2D eigenvalue weighted by Gasteiger charge is 2.11. The topological polar surface area (TPSA) is 33.3 Å². The lowest BCUT2D eigenvalue weighted by Crippen LogP contribution is -2.21. The summed E-state index contributed by atoms with van der Waals surface area (Å²) in [5, 5.41) is 7.08. The van der Waals surface area contributed by atoms with Crippen LogP contribution in [0.4, 0.5) is 11.4 Å². The molecule has 2 aromatic rings. The van der Waals surface area contributed by atoms with Gasteiger partial charge in [-0.1, -0.05) is 44.2 Å². The Labute approximate surface area is 137 Å². The van der Waals surface area contributed by atoms with E-state index in [0.717, 1.165) is 17.1 Å².